The van der Waals surface area contributed by atoms with E-state index in [4.69, 9.17) is 5.11 Å². The molecular formula is C12H8BrF3N2O2. The first-order chi connectivity index (χ1) is 9.20. The van der Waals surface area contributed by atoms with Gasteiger partial charge in [0.05, 0.1) is 11.1 Å². The van der Waals surface area contributed by atoms with Gasteiger partial charge in [-0.3, -0.25) is 0 Å². The normalized spacial score (nSPS) is 11.7. The summed E-state index contributed by atoms with van der Waals surface area (Å²) in [6, 6.07) is 1.68. The fourth-order valence-electron chi connectivity index (χ4n) is 1.78. The molecule has 0 aliphatic heterocycles. The number of nitrogens with zero attached hydrogens (tertiary/aromatic N) is 2. The van der Waals surface area contributed by atoms with E-state index in [1.54, 1.807) is 13.0 Å². The van der Waals surface area contributed by atoms with E-state index in [1.165, 1.54) is 6.20 Å². The van der Waals surface area contributed by atoms with Crippen LogP contribution in [0, 0.1) is 6.92 Å². The van der Waals surface area contributed by atoms with Gasteiger partial charge in [0.2, 0.25) is 0 Å². The van der Waals surface area contributed by atoms with Crippen molar-refractivity contribution in [2.24, 2.45) is 0 Å². The molecule has 2 rings (SSSR count). The van der Waals surface area contributed by atoms with Crippen molar-refractivity contribution in [2.75, 3.05) is 0 Å². The van der Waals surface area contributed by atoms with Crippen LogP contribution in [0.5, 0.6) is 0 Å². The largest absolute Gasteiger partial charge is 0.478 e. The van der Waals surface area contributed by atoms with Crippen LogP contribution in [0.1, 0.15) is 21.5 Å². The summed E-state index contributed by atoms with van der Waals surface area (Å²) >= 11 is 3.20. The Morgan fingerprint density at radius 3 is 2.50 bits per heavy atom. The zero-order valence-electron chi connectivity index (χ0n) is 10.1. The first-order valence-corrected chi connectivity index (χ1v) is 6.14. The van der Waals surface area contributed by atoms with E-state index in [-0.39, 0.29) is 5.82 Å². The lowest BCUT2D eigenvalue weighted by molar-refractivity contribution is -0.138. The molecule has 0 spiro atoms. The molecule has 0 atom stereocenters. The Bertz CT molecular complexity index is 680. The fourth-order valence-corrected chi connectivity index (χ4v) is 2.22. The molecule has 2 aromatic rings. The van der Waals surface area contributed by atoms with E-state index in [0.29, 0.717) is 10.0 Å². The monoisotopic (exact) mass is 348 g/mol. The summed E-state index contributed by atoms with van der Waals surface area (Å²) in [5.74, 6) is -1.39. The Labute approximate surface area is 120 Å². The molecule has 8 heteroatoms. The number of carboxylic acid groups (broad SMARTS) is 1. The van der Waals surface area contributed by atoms with E-state index in [2.05, 4.69) is 20.9 Å². The third-order valence-corrected chi connectivity index (χ3v) is 3.06. The van der Waals surface area contributed by atoms with Crippen molar-refractivity contribution >= 4 is 21.9 Å². The fraction of sp³-hybridized carbons (Fsp3) is 0.167. The van der Waals surface area contributed by atoms with Gasteiger partial charge in [0.1, 0.15) is 5.82 Å². The van der Waals surface area contributed by atoms with Gasteiger partial charge in [-0.25, -0.2) is 9.78 Å². The van der Waals surface area contributed by atoms with Crippen LogP contribution < -0.4 is 0 Å². The molecule has 0 aliphatic rings. The number of carbonyl (C=O) groups is 1. The van der Waals surface area contributed by atoms with Crippen LogP contribution in [0.2, 0.25) is 0 Å². The van der Waals surface area contributed by atoms with Crippen molar-refractivity contribution in [3.8, 4) is 5.82 Å². The highest BCUT2D eigenvalue weighted by atomic mass is 79.9. The summed E-state index contributed by atoms with van der Waals surface area (Å²) in [6.45, 7) is 1.67. The Morgan fingerprint density at radius 1 is 1.40 bits per heavy atom. The average Bonchev–Trinajstić information content (AvgIpc) is 2.73. The molecule has 4 nitrogen and oxygen atoms in total. The van der Waals surface area contributed by atoms with E-state index >= 15 is 0 Å². The van der Waals surface area contributed by atoms with Crippen LogP contribution >= 0.6 is 15.9 Å². The maximum absolute atomic E-state index is 12.8. The minimum absolute atomic E-state index is 0.242. The Balaban J connectivity index is 2.62. The van der Waals surface area contributed by atoms with Crippen molar-refractivity contribution in [1.82, 2.24) is 9.55 Å². The van der Waals surface area contributed by atoms with Gasteiger partial charge in [-0.1, -0.05) is 0 Å². The highest BCUT2D eigenvalue weighted by Gasteiger charge is 2.37. The molecule has 106 valence electrons. The second kappa shape index (κ2) is 4.93. The minimum Gasteiger partial charge on any atom is -0.478 e. The van der Waals surface area contributed by atoms with Gasteiger partial charge >= 0.3 is 12.1 Å². The summed E-state index contributed by atoms with van der Waals surface area (Å²) in [5.41, 5.74) is -1.39. The van der Waals surface area contributed by atoms with Gasteiger partial charge in [0.25, 0.3) is 0 Å². The van der Waals surface area contributed by atoms with E-state index in [9.17, 15) is 18.0 Å². The van der Waals surface area contributed by atoms with Crippen molar-refractivity contribution in [1.29, 1.82) is 0 Å². The number of hydrogen-bond donors (Lipinski definition) is 1. The van der Waals surface area contributed by atoms with Crippen molar-refractivity contribution in [3.05, 3.63) is 45.8 Å². The number of aryl methyl sites for hydroxylation is 1. The number of halogens is 4. The lowest BCUT2D eigenvalue weighted by atomic mass is 10.2. The molecule has 2 aromatic heterocycles. The van der Waals surface area contributed by atoms with Gasteiger partial charge in [0.15, 0.2) is 0 Å². The van der Waals surface area contributed by atoms with Crippen molar-refractivity contribution in [2.45, 2.75) is 13.1 Å². The van der Waals surface area contributed by atoms with Crippen LogP contribution in [-0.2, 0) is 6.18 Å². The number of rotatable bonds is 2. The first-order valence-electron chi connectivity index (χ1n) is 5.35. The molecule has 0 fully saturated rings. The molecule has 0 aromatic carbocycles. The molecule has 1 N–H and O–H groups in total. The third kappa shape index (κ3) is 2.69. The zero-order valence-corrected chi connectivity index (χ0v) is 11.7. The van der Waals surface area contributed by atoms with Crippen LogP contribution in [-0.4, -0.2) is 20.6 Å². The van der Waals surface area contributed by atoms with Crippen molar-refractivity contribution in [3.63, 3.8) is 0 Å². The Kier molecular flexibility index (Phi) is 3.59. The molecule has 2 heterocycles. The molecule has 0 bridgehead atoms. The van der Waals surface area contributed by atoms with Crippen LogP contribution in [0.25, 0.3) is 5.82 Å². The maximum atomic E-state index is 12.8. The smallest absolute Gasteiger partial charge is 0.418 e. The lowest BCUT2D eigenvalue weighted by Crippen LogP contribution is -2.09. The second-order valence-electron chi connectivity index (χ2n) is 4.09. The second-order valence-corrected chi connectivity index (χ2v) is 5.01. The molecule has 0 unspecified atom stereocenters. The van der Waals surface area contributed by atoms with E-state index in [1.807, 2.05) is 0 Å². The highest BCUT2D eigenvalue weighted by molar-refractivity contribution is 9.10. The summed E-state index contributed by atoms with van der Waals surface area (Å²) in [5, 5.41) is 8.86. The molecular weight excluding hydrogens is 341 g/mol. The number of alkyl halides is 3. The maximum Gasteiger partial charge on any atom is 0.418 e. The lowest BCUT2D eigenvalue weighted by Gasteiger charge is -2.06. The summed E-state index contributed by atoms with van der Waals surface area (Å²) in [6.07, 6.45) is -1.67. The molecule has 0 saturated heterocycles. The number of carboxylic acids is 1. The van der Waals surface area contributed by atoms with E-state index in [0.717, 1.165) is 17.0 Å². The van der Waals surface area contributed by atoms with Crippen LogP contribution in [0.3, 0.4) is 0 Å². The van der Waals surface area contributed by atoms with Gasteiger partial charge in [-0.2, -0.15) is 13.2 Å². The molecule has 20 heavy (non-hydrogen) atoms. The van der Waals surface area contributed by atoms with Gasteiger partial charge in [-0.05, 0) is 34.5 Å². The highest BCUT2D eigenvalue weighted by Crippen LogP contribution is 2.33. The average molecular weight is 349 g/mol. The zero-order chi connectivity index (χ0) is 15.1. The standard InChI is InChI=1S/C12H8BrF3N2O2/c1-6-2-7(13)3-17-10(6)18-4-8(11(19)20)9(5-18)12(14,15)16/h2-5H,1H3,(H,19,20). The van der Waals surface area contributed by atoms with Crippen molar-refractivity contribution < 1.29 is 23.1 Å². The number of aromatic carboxylic acids is 1. The topological polar surface area (TPSA) is 55.1 Å². The summed E-state index contributed by atoms with van der Waals surface area (Å²) < 4.78 is 40.1. The predicted molar refractivity (Wildman–Crippen MR) is 68.0 cm³/mol. The van der Waals surface area contributed by atoms with E-state index < -0.39 is 23.3 Å². The molecule has 0 radical (unpaired) electrons. The minimum atomic E-state index is -4.73. The summed E-state index contributed by atoms with van der Waals surface area (Å²) in [4.78, 5) is 14.9. The Hall–Kier alpha value is -1.83. The summed E-state index contributed by atoms with van der Waals surface area (Å²) in [7, 11) is 0. The predicted octanol–water partition coefficient (Wildman–Crippen LogP) is 3.66. The van der Waals surface area contributed by atoms with Gasteiger partial charge < -0.3 is 9.67 Å². The SMILES string of the molecule is Cc1cc(Br)cnc1-n1cc(C(=O)O)c(C(F)(F)F)c1. The number of pyridine rings is 1. The molecule has 0 amide bonds. The number of aromatic nitrogens is 2. The van der Waals surface area contributed by atoms with Gasteiger partial charge in [0, 0.05) is 23.1 Å². The number of hydrogen-bond acceptors (Lipinski definition) is 2. The first kappa shape index (κ1) is 14.6. The molecule has 0 saturated carbocycles. The third-order valence-electron chi connectivity index (χ3n) is 2.62. The van der Waals surface area contributed by atoms with Crippen LogP contribution in [0.4, 0.5) is 13.2 Å². The van der Waals surface area contributed by atoms with Crippen LogP contribution in [0.15, 0.2) is 29.1 Å². The quantitative estimate of drug-likeness (QED) is 0.900. The molecule has 0 aliphatic carbocycles. The van der Waals surface area contributed by atoms with Gasteiger partial charge in [-0.15, -0.1) is 0 Å². The Morgan fingerprint density at radius 2 is 2.05 bits per heavy atom.